The van der Waals surface area contributed by atoms with Crippen LogP contribution in [0.2, 0.25) is 0 Å². The minimum Gasteiger partial charge on any atom is -0.505 e. The third kappa shape index (κ3) is 2.92. The van der Waals surface area contributed by atoms with Crippen molar-refractivity contribution in [2.75, 3.05) is 5.32 Å². The monoisotopic (exact) mass is 380 g/mol. The van der Waals surface area contributed by atoms with Crippen LogP contribution in [0.3, 0.4) is 0 Å². The van der Waals surface area contributed by atoms with Crippen LogP contribution in [0, 0.1) is 6.92 Å². The third-order valence-electron chi connectivity index (χ3n) is 4.38. The van der Waals surface area contributed by atoms with Gasteiger partial charge in [-0.2, -0.15) is 0 Å². The standard InChI is InChI=1S/C20H16N2O4S/c1-12-5-4-7-14(11-12)21-20(24)17-18(23)16-10-9-13-6-2-3-8-15(13)19(16)27(25,26)22-17/h2-11,22-23H,1H3,(H,21,24). The van der Waals surface area contributed by atoms with Crippen LogP contribution in [-0.4, -0.2) is 19.4 Å². The van der Waals surface area contributed by atoms with Crippen LogP contribution in [0.5, 0.6) is 0 Å². The molecule has 0 fully saturated rings. The van der Waals surface area contributed by atoms with Crippen molar-refractivity contribution in [3.05, 3.63) is 77.5 Å². The lowest BCUT2D eigenvalue weighted by Gasteiger charge is -2.22. The van der Waals surface area contributed by atoms with Crippen molar-refractivity contribution in [3.8, 4) is 0 Å². The van der Waals surface area contributed by atoms with E-state index in [2.05, 4.69) is 10.0 Å². The van der Waals surface area contributed by atoms with Gasteiger partial charge in [-0.1, -0.05) is 42.5 Å². The molecule has 0 aromatic heterocycles. The number of rotatable bonds is 2. The molecule has 7 heteroatoms. The predicted molar refractivity (Wildman–Crippen MR) is 104 cm³/mol. The maximum absolute atomic E-state index is 12.8. The number of aryl methyl sites for hydroxylation is 1. The Morgan fingerprint density at radius 1 is 1.04 bits per heavy atom. The molecule has 4 rings (SSSR count). The SMILES string of the molecule is Cc1cccc(NC(=O)C2=C(O)c3ccc4ccccc4c3S(=O)(=O)N2)c1. The average molecular weight is 380 g/mol. The minimum absolute atomic E-state index is 0.0368. The molecule has 0 bridgehead atoms. The van der Waals surface area contributed by atoms with E-state index >= 15 is 0 Å². The summed E-state index contributed by atoms with van der Waals surface area (Å²) in [5.41, 5.74) is 1.14. The molecule has 1 aliphatic heterocycles. The Balaban J connectivity index is 1.84. The molecule has 136 valence electrons. The average Bonchev–Trinajstić information content (AvgIpc) is 2.64. The van der Waals surface area contributed by atoms with Crippen molar-refractivity contribution in [2.45, 2.75) is 11.8 Å². The minimum atomic E-state index is -4.02. The van der Waals surface area contributed by atoms with Gasteiger partial charge >= 0.3 is 0 Å². The number of amides is 1. The Morgan fingerprint density at radius 3 is 2.59 bits per heavy atom. The number of aliphatic hydroxyl groups is 1. The molecule has 0 saturated carbocycles. The highest BCUT2D eigenvalue weighted by molar-refractivity contribution is 7.90. The van der Waals surface area contributed by atoms with E-state index in [-0.39, 0.29) is 10.5 Å². The quantitative estimate of drug-likeness (QED) is 0.636. The Labute approximate surface area is 156 Å². The van der Waals surface area contributed by atoms with Crippen molar-refractivity contribution in [1.82, 2.24) is 4.72 Å². The fraction of sp³-hybridized carbons (Fsp3) is 0.0500. The van der Waals surface area contributed by atoms with Gasteiger partial charge in [0.1, 0.15) is 4.90 Å². The van der Waals surface area contributed by atoms with Crippen LogP contribution in [0.25, 0.3) is 16.5 Å². The van der Waals surface area contributed by atoms with Crippen LogP contribution in [0.15, 0.2) is 71.3 Å². The molecule has 3 aromatic carbocycles. The van der Waals surface area contributed by atoms with Gasteiger partial charge in [-0.05, 0) is 36.1 Å². The number of hydrogen-bond donors (Lipinski definition) is 3. The molecular weight excluding hydrogens is 364 g/mol. The van der Waals surface area contributed by atoms with E-state index in [0.717, 1.165) is 10.9 Å². The summed E-state index contributed by atoms with van der Waals surface area (Å²) in [6, 6.07) is 17.3. The highest BCUT2D eigenvalue weighted by Crippen LogP contribution is 2.35. The fourth-order valence-electron chi connectivity index (χ4n) is 3.16. The molecule has 0 aliphatic carbocycles. The number of anilines is 1. The van der Waals surface area contributed by atoms with Gasteiger partial charge in [0.25, 0.3) is 15.9 Å². The van der Waals surface area contributed by atoms with E-state index < -0.39 is 27.4 Å². The second-order valence-electron chi connectivity index (χ2n) is 6.32. The van der Waals surface area contributed by atoms with Gasteiger partial charge in [0, 0.05) is 16.6 Å². The van der Waals surface area contributed by atoms with Crippen LogP contribution >= 0.6 is 0 Å². The summed E-state index contributed by atoms with van der Waals surface area (Å²) in [4.78, 5) is 12.6. The zero-order chi connectivity index (χ0) is 19.2. The zero-order valence-corrected chi connectivity index (χ0v) is 15.2. The van der Waals surface area contributed by atoms with E-state index in [0.29, 0.717) is 11.1 Å². The molecule has 3 N–H and O–H groups in total. The molecular formula is C20H16N2O4S. The maximum Gasteiger partial charge on any atom is 0.276 e. The van der Waals surface area contributed by atoms with Crippen LogP contribution < -0.4 is 10.0 Å². The number of nitrogens with one attached hydrogen (secondary N) is 2. The van der Waals surface area contributed by atoms with Gasteiger partial charge < -0.3 is 10.4 Å². The summed E-state index contributed by atoms with van der Waals surface area (Å²) in [7, 11) is -4.02. The molecule has 0 saturated heterocycles. The molecule has 6 nitrogen and oxygen atoms in total. The first-order chi connectivity index (χ1) is 12.9. The molecule has 0 atom stereocenters. The van der Waals surface area contributed by atoms with Crippen molar-refractivity contribution in [3.63, 3.8) is 0 Å². The summed E-state index contributed by atoms with van der Waals surface area (Å²) in [6.07, 6.45) is 0. The molecule has 0 unspecified atom stereocenters. The van der Waals surface area contributed by atoms with Gasteiger partial charge in [0.15, 0.2) is 11.5 Å². The first-order valence-corrected chi connectivity index (χ1v) is 9.71. The Hall–Kier alpha value is -3.32. The molecule has 0 radical (unpaired) electrons. The van der Waals surface area contributed by atoms with Crippen molar-refractivity contribution >= 4 is 38.1 Å². The van der Waals surface area contributed by atoms with E-state index in [9.17, 15) is 18.3 Å². The lowest BCUT2D eigenvalue weighted by atomic mass is 10.0. The van der Waals surface area contributed by atoms with Gasteiger partial charge in [0.05, 0.1) is 0 Å². The van der Waals surface area contributed by atoms with Gasteiger partial charge in [0.2, 0.25) is 0 Å². The van der Waals surface area contributed by atoms with Crippen LogP contribution in [0.4, 0.5) is 5.69 Å². The van der Waals surface area contributed by atoms with E-state index in [1.54, 1.807) is 48.5 Å². The summed E-state index contributed by atoms with van der Waals surface area (Å²) in [6.45, 7) is 1.87. The van der Waals surface area contributed by atoms with Crippen LogP contribution in [-0.2, 0) is 14.8 Å². The summed E-state index contributed by atoms with van der Waals surface area (Å²) >= 11 is 0. The fourth-order valence-corrected chi connectivity index (χ4v) is 4.65. The van der Waals surface area contributed by atoms with E-state index in [1.807, 2.05) is 13.0 Å². The second kappa shape index (κ2) is 6.14. The lowest BCUT2D eigenvalue weighted by molar-refractivity contribution is -0.113. The Morgan fingerprint density at radius 2 is 1.81 bits per heavy atom. The summed E-state index contributed by atoms with van der Waals surface area (Å²) in [5, 5.41) is 14.4. The van der Waals surface area contributed by atoms with Gasteiger partial charge in [-0.3, -0.25) is 9.52 Å². The Kier molecular flexibility index (Phi) is 3.89. The molecule has 3 aromatic rings. The van der Waals surface area contributed by atoms with Crippen molar-refractivity contribution in [2.24, 2.45) is 0 Å². The molecule has 0 spiro atoms. The highest BCUT2D eigenvalue weighted by Gasteiger charge is 2.34. The molecule has 1 amide bonds. The second-order valence-corrected chi connectivity index (χ2v) is 7.94. The number of hydrogen-bond acceptors (Lipinski definition) is 4. The predicted octanol–water partition coefficient (Wildman–Crippen LogP) is 3.31. The number of benzene rings is 3. The largest absolute Gasteiger partial charge is 0.505 e. The molecule has 1 aliphatic rings. The smallest absolute Gasteiger partial charge is 0.276 e. The summed E-state index contributed by atoms with van der Waals surface area (Å²) in [5.74, 6) is -1.14. The normalized spacial score (nSPS) is 15.1. The number of carbonyl (C=O) groups is 1. The molecule has 27 heavy (non-hydrogen) atoms. The third-order valence-corrected chi connectivity index (χ3v) is 5.83. The number of fused-ring (bicyclic) bond motifs is 3. The maximum atomic E-state index is 12.8. The van der Waals surface area contributed by atoms with E-state index in [1.165, 1.54) is 6.07 Å². The first-order valence-electron chi connectivity index (χ1n) is 8.23. The number of sulfonamides is 1. The molecule has 1 heterocycles. The Bertz CT molecular complexity index is 1230. The lowest BCUT2D eigenvalue weighted by Crippen LogP contribution is -2.35. The number of aliphatic hydroxyl groups excluding tert-OH is 1. The number of carbonyl (C=O) groups excluding carboxylic acids is 1. The van der Waals surface area contributed by atoms with Crippen LogP contribution in [0.1, 0.15) is 11.1 Å². The van der Waals surface area contributed by atoms with Gasteiger partial charge in [-0.25, -0.2) is 8.42 Å². The summed E-state index contributed by atoms with van der Waals surface area (Å²) < 4.78 is 27.9. The topological polar surface area (TPSA) is 95.5 Å². The van der Waals surface area contributed by atoms with E-state index in [4.69, 9.17) is 0 Å². The van der Waals surface area contributed by atoms with Crippen molar-refractivity contribution in [1.29, 1.82) is 0 Å². The highest BCUT2D eigenvalue weighted by atomic mass is 32.2. The zero-order valence-electron chi connectivity index (χ0n) is 14.4. The van der Waals surface area contributed by atoms with Crippen molar-refractivity contribution < 1.29 is 18.3 Å². The van der Waals surface area contributed by atoms with Gasteiger partial charge in [-0.15, -0.1) is 0 Å². The first kappa shape index (κ1) is 17.1.